The minimum Gasteiger partial charge on any atom is -0.489 e. The molecule has 5 rings (SSSR count). The second-order valence-corrected chi connectivity index (χ2v) is 10.8. The molecule has 1 aliphatic heterocycles. The van der Waals surface area contributed by atoms with E-state index in [1.807, 2.05) is 44.3 Å². The van der Waals surface area contributed by atoms with Crippen molar-refractivity contribution in [3.8, 4) is 26.8 Å². The standard InChI is InChI=1S/C29H35N5O2S/c1-19(2)36-26-10-8-20(15-25(26)30-3)29-33-17-27(37-29)24-6-4-5-22-21(7-9-23(22)24)16-32-18-28(35)34-13-11-31-12-14-34/h4-6,8,10,15-17,19,21,30-31H,7,9,11-14,18H2,1-3H3. The zero-order valence-electron chi connectivity index (χ0n) is 21.8. The van der Waals surface area contributed by atoms with Crippen LogP contribution >= 0.6 is 11.3 Å². The van der Waals surface area contributed by atoms with Gasteiger partial charge in [-0.1, -0.05) is 18.2 Å². The van der Waals surface area contributed by atoms with E-state index in [1.54, 1.807) is 11.3 Å². The molecule has 8 heteroatoms. The van der Waals surface area contributed by atoms with Gasteiger partial charge in [0.2, 0.25) is 5.91 Å². The van der Waals surface area contributed by atoms with Crippen LogP contribution in [0.3, 0.4) is 0 Å². The van der Waals surface area contributed by atoms with Crippen LogP contribution in [0.25, 0.3) is 21.0 Å². The average molecular weight is 518 g/mol. The second kappa shape index (κ2) is 11.4. The van der Waals surface area contributed by atoms with Crippen molar-refractivity contribution in [1.29, 1.82) is 0 Å². The molecule has 2 aliphatic rings. The molecule has 1 aromatic heterocycles. The first-order chi connectivity index (χ1) is 18.0. The molecule has 3 aromatic rings. The fourth-order valence-electron chi connectivity index (χ4n) is 5.09. The van der Waals surface area contributed by atoms with Gasteiger partial charge in [0.05, 0.1) is 16.7 Å². The van der Waals surface area contributed by atoms with Gasteiger partial charge in [0.1, 0.15) is 17.3 Å². The van der Waals surface area contributed by atoms with E-state index >= 15 is 0 Å². The van der Waals surface area contributed by atoms with Crippen LogP contribution < -0.4 is 15.4 Å². The minimum absolute atomic E-state index is 0.117. The highest BCUT2D eigenvalue weighted by Gasteiger charge is 2.25. The van der Waals surface area contributed by atoms with Crippen LogP contribution in [-0.2, 0) is 11.2 Å². The van der Waals surface area contributed by atoms with E-state index in [4.69, 9.17) is 9.72 Å². The van der Waals surface area contributed by atoms with Crippen molar-refractivity contribution >= 4 is 29.1 Å². The van der Waals surface area contributed by atoms with Gasteiger partial charge in [0.25, 0.3) is 0 Å². The molecule has 1 saturated heterocycles. The lowest BCUT2D eigenvalue weighted by Crippen LogP contribution is -2.47. The molecule has 1 fully saturated rings. The number of fused-ring (bicyclic) bond motifs is 1. The summed E-state index contributed by atoms with van der Waals surface area (Å²) in [5.41, 5.74) is 5.98. The van der Waals surface area contributed by atoms with Crippen molar-refractivity contribution in [2.75, 3.05) is 45.1 Å². The smallest absolute Gasteiger partial charge is 0.244 e. The predicted octanol–water partition coefficient (Wildman–Crippen LogP) is 4.84. The molecular formula is C29H35N5O2S. The molecule has 1 atom stereocenters. The predicted molar refractivity (Wildman–Crippen MR) is 152 cm³/mol. The highest BCUT2D eigenvalue weighted by atomic mass is 32.1. The monoisotopic (exact) mass is 517 g/mol. The summed E-state index contributed by atoms with van der Waals surface area (Å²) in [5.74, 6) is 1.22. The Bertz CT molecular complexity index is 1280. The Morgan fingerprint density at radius 1 is 1.30 bits per heavy atom. The van der Waals surface area contributed by atoms with Crippen LogP contribution in [0.1, 0.15) is 37.3 Å². The van der Waals surface area contributed by atoms with E-state index in [0.29, 0.717) is 0 Å². The largest absolute Gasteiger partial charge is 0.489 e. The third kappa shape index (κ3) is 5.70. The lowest BCUT2D eigenvalue weighted by atomic mass is 9.99. The Balaban J connectivity index is 1.31. The van der Waals surface area contributed by atoms with E-state index < -0.39 is 0 Å². The van der Waals surface area contributed by atoms with Gasteiger partial charge in [0.15, 0.2) is 0 Å². The number of rotatable bonds is 8. The molecule has 7 nitrogen and oxygen atoms in total. The van der Waals surface area contributed by atoms with Gasteiger partial charge in [-0.2, -0.15) is 0 Å². The lowest BCUT2D eigenvalue weighted by Gasteiger charge is -2.26. The number of carbonyl (C=O) groups is 1. The van der Waals surface area contributed by atoms with E-state index in [1.165, 1.54) is 21.6 Å². The number of nitrogens with zero attached hydrogens (tertiary/aromatic N) is 3. The Morgan fingerprint density at radius 3 is 2.92 bits per heavy atom. The number of ether oxygens (including phenoxy) is 1. The summed E-state index contributed by atoms with van der Waals surface area (Å²) in [6.45, 7) is 7.56. The minimum atomic E-state index is 0.117. The van der Waals surface area contributed by atoms with E-state index in [0.717, 1.165) is 61.0 Å². The van der Waals surface area contributed by atoms with Crippen molar-refractivity contribution in [1.82, 2.24) is 15.2 Å². The molecule has 0 spiro atoms. The number of benzene rings is 2. The van der Waals surface area contributed by atoms with Crippen LogP contribution in [0.2, 0.25) is 0 Å². The quantitative estimate of drug-likeness (QED) is 0.418. The van der Waals surface area contributed by atoms with Gasteiger partial charge >= 0.3 is 0 Å². The van der Waals surface area contributed by atoms with Crippen molar-refractivity contribution in [3.63, 3.8) is 0 Å². The van der Waals surface area contributed by atoms with Gasteiger partial charge in [-0.3, -0.25) is 9.79 Å². The van der Waals surface area contributed by atoms with Gasteiger partial charge in [-0.05, 0) is 61.6 Å². The number of carbonyl (C=O) groups excluding carboxylic acids is 1. The summed E-state index contributed by atoms with van der Waals surface area (Å²) in [4.78, 5) is 24.8. The molecule has 1 unspecified atom stereocenters. The second-order valence-electron chi connectivity index (χ2n) is 9.80. The normalized spacial score (nSPS) is 17.4. The molecule has 1 amide bonds. The van der Waals surface area contributed by atoms with E-state index in [9.17, 15) is 4.79 Å². The Kier molecular flexibility index (Phi) is 7.86. The van der Waals surface area contributed by atoms with Gasteiger partial charge in [0, 0.05) is 57.1 Å². The first-order valence-electron chi connectivity index (χ1n) is 13.1. The molecule has 0 radical (unpaired) electrons. The molecule has 2 aromatic carbocycles. The molecule has 0 saturated carbocycles. The SMILES string of the molecule is CNc1cc(-c2ncc(-c3cccc4c3CCC4C=NCC(=O)N3CCNCC3)s2)ccc1OC(C)C. The fourth-order valence-corrected chi connectivity index (χ4v) is 6.06. The maximum Gasteiger partial charge on any atom is 0.244 e. The summed E-state index contributed by atoms with van der Waals surface area (Å²) in [7, 11) is 1.91. The Labute approximate surface area is 223 Å². The number of amides is 1. The molecule has 2 heterocycles. The first kappa shape index (κ1) is 25.4. The third-order valence-electron chi connectivity index (χ3n) is 6.93. The van der Waals surface area contributed by atoms with E-state index in [2.05, 4.69) is 46.0 Å². The summed E-state index contributed by atoms with van der Waals surface area (Å²) in [6.07, 6.45) is 6.12. The first-order valence-corrected chi connectivity index (χ1v) is 13.9. The Morgan fingerprint density at radius 2 is 2.14 bits per heavy atom. The summed E-state index contributed by atoms with van der Waals surface area (Å²) < 4.78 is 5.92. The Hall–Kier alpha value is -3.23. The lowest BCUT2D eigenvalue weighted by molar-refractivity contribution is -0.130. The number of thiazole rings is 1. The zero-order valence-corrected chi connectivity index (χ0v) is 22.6. The number of nitrogens with one attached hydrogen (secondary N) is 2. The topological polar surface area (TPSA) is 78.9 Å². The van der Waals surface area contributed by atoms with Crippen molar-refractivity contribution < 1.29 is 9.53 Å². The highest BCUT2D eigenvalue weighted by molar-refractivity contribution is 7.18. The number of anilines is 1. The molecule has 2 N–H and O–H groups in total. The molecule has 194 valence electrons. The van der Waals surface area contributed by atoms with Crippen LogP contribution in [0.15, 0.2) is 47.6 Å². The molecule has 37 heavy (non-hydrogen) atoms. The number of hydrogen-bond donors (Lipinski definition) is 2. The highest BCUT2D eigenvalue weighted by Crippen LogP contribution is 2.42. The van der Waals surface area contributed by atoms with Crippen LogP contribution in [0.5, 0.6) is 5.75 Å². The van der Waals surface area contributed by atoms with Gasteiger partial charge in [-0.25, -0.2) is 4.98 Å². The molecule has 1 aliphatic carbocycles. The van der Waals surface area contributed by atoms with Crippen LogP contribution in [0, 0.1) is 0 Å². The molecule has 0 bridgehead atoms. The van der Waals surface area contributed by atoms with Gasteiger partial charge in [-0.15, -0.1) is 11.3 Å². The van der Waals surface area contributed by atoms with Crippen molar-refractivity contribution in [3.05, 3.63) is 53.7 Å². The van der Waals surface area contributed by atoms with Crippen LogP contribution in [-0.4, -0.2) is 67.9 Å². The maximum atomic E-state index is 12.4. The average Bonchev–Trinajstić information content (AvgIpc) is 3.57. The van der Waals surface area contributed by atoms with E-state index in [-0.39, 0.29) is 24.5 Å². The third-order valence-corrected chi connectivity index (χ3v) is 8.01. The number of piperazine rings is 1. The number of hydrogen-bond acceptors (Lipinski definition) is 7. The van der Waals surface area contributed by atoms with Crippen LogP contribution in [0.4, 0.5) is 5.69 Å². The summed E-state index contributed by atoms with van der Waals surface area (Å²) >= 11 is 1.71. The number of aliphatic imine (C=N–C) groups is 1. The van der Waals surface area contributed by atoms with Crippen molar-refractivity contribution in [2.45, 2.75) is 38.7 Å². The summed E-state index contributed by atoms with van der Waals surface area (Å²) in [6, 6.07) is 12.7. The maximum absolute atomic E-state index is 12.4. The fraction of sp³-hybridized carbons (Fsp3) is 0.414. The zero-order chi connectivity index (χ0) is 25.8. The van der Waals surface area contributed by atoms with Crippen molar-refractivity contribution in [2.24, 2.45) is 4.99 Å². The molecular weight excluding hydrogens is 482 g/mol. The number of aromatic nitrogens is 1. The van der Waals surface area contributed by atoms with Gasteiger partial charge < -0.3 is 20.3 Å². The summed E-state index contributed by atoms with van der Waals surface area (Å²) in [5, 5.41) is 7.51.